The number of carbonyl (C=O) groups is 2. The Kier molecular flexibility index (Phi) is 38.9. The van der Waals surface area contributed by atoms with Crippen LogP contribution in [0.5, 0.6) is 0 Å². The second kappa shape index (κ2) is 42.8. The summed E-state index contributed by atoms with van der Waals surface area (Å²) in [5.74, 6) is -0.941. The van der Waals surface area contributed by atoms with Gasteiger partial charge in [-0.15, -0.1) is 0 Å². The fourth-order valence-corrected chi connectivity index (χ4v) is 8.45. The van der Waals surface area contributed by atoms with Gasteiger partial charge in [0.2, 0.25) is 0 Å². The third kappa shape index (κ3) is 30.4. The molecule has 2 saturated heterocycles. The van der Waals surface area contributed by atoms with Gasteiger partial charge in [-0.2, -0.15) is 0 Å². The molecule has 2 rings (SSSR count). The number of aliphatic hydroxyl groups is 7. The van der Waals surface area contributed by atoms with E-state index in [4.69, 9.17) is 28.4 Å². The smallest absolute Gasteiger partial charge is 0.306 e. The van der Waals surface area contributed by atoms with Gasteiger partial charge in [0.15, 0.2) is 18.7 Å². The molecule has 2 heterocycles. The summed E-state index contributed by atoms with van der Waals surface area (Å²) in [7, 11) is 0. The molecule has 2 aliphatic heterocycles. The molecule has 11 atom stereocenters. The van der Waals surface area contributed by atoms with Crippen molar-refractivity contribution in [1.29, 1.82) is 0 Å². The highest BCUT2D eigenvalue weighted by molar-refractivity contribution is 5.70. The van der Waals surface area contributed by atoms with Crippen molar-refractivity contribution in [3.05, 3.63) is 48.6 Å². The van der Waals surface area contributed by atoms with Crippen molar-refractivity contribution in [2.24, 2.45) is 0 Å². The van der Waals surface area contributed by atoms with Gasteiger partial charge in [0, 0.05) is 12.8 Å². The first kappa shape index (κ1) is 64.6. The maximum Gasteiger partial charge on any atom is 0.306 e. The predicted molar refractivity (Wildman–Crippen MR) is 275 cm³/mol. The molecule has 0 spiro atoms. The molecule has 412 valence electrons. The van der Waals surface area contributed by atoms with E-state index in [0.717, 1.165) is 89.9 Å². The lowest BCUT2D eigenvalue weighted by molar-refractivity contribution is -0.332. The van der Waals surface area contributed by atoms with Crippen LogP contribution in [-0.4, -0.2) is 142 Å². The van der Waals surface area contributed by atoms with Gasteiger partial charge in [-0.25, -0.2) is 0 Å². The van der Waals surface area contributed by atoms with E-state index in [1.54, 1.807) is 0 Å². The number of unbranched alkanes of at least 4 members (excludes halogenated alkanes) is 21. The van der Waals surface area contributed by atoms with Crippen molar-refractivity contribution in [3.8, 4) is 0 Å². The monoisotopic (exact) mass is 1010 g/mol. The molecule has 2 fully saturated rings. The fourth-order valence-electron chi connectivity index (χ4n) is 8.45. The Labute approximate surface area is 427 Å². The zero-order chi connectivity index (χ0) is 51.7. The minimum Gasteiger partial charge on any atom is -0.462 e. The van der Waals surface area contributed by atoms with E-state index in [-0.39, 0.29) is 26.1 Å². The first-order chi connectivity index (χ1) is 34.5. The summed E-state index contributed by atoms with van der Waals surface area (Å²) in [6, 6.07) is 0. The third-order valence-corrected chi connectivity index (χ3v) is 13.0. The lowest BCUT2D eigenvalue weighted by Crippen LogP contribution is -2.61. The van der Waals surface area contributed by atoms with Gasteiger partial charge < -0.3 is 64.2 Å². The van der Waals surface area contributed by atoms with Crippen LogP contribution < -0.4 is 0 Å². The molecule has 2 aliphatic rings. The highest BCUT2D eigenvalue weighted by Gasteiger charge is 2.47. The van der Waals surface area contributed by atoms with Gasteiger partial charge in [0.05, 0.1) is 19.8 Å². The Hall–Kier alpha value is -2.54. The van der Waals surface area contributed by atoms with E-state index in [9.17, 15) is 45.3 Å². The number of carbonyl (C=O) groups excluding carboxylic acids is 2. The van der Waals surface area contributed by atoms with Crippen molar-refractivity contribution in [1.82, 2.24) is 0 Å². The summed E-state index contributed by atoms with van der Waals surface area (Å²) in [5.41, 5.74) is 0. The van der Waals surface area contributed by atoms with Crippen molar-refractivity contribution >= 4 is 11.9 Å². The number of allylic oxidation sites excluding steroid dienone is 8. The van der Waals surface area contributed by atoms with Gasteiger partial charge in [0.25, 0.3) is 0 Å². The second-order valence-corrected chi connectivity index (χ2v) is 19.4. The Balaban J connectivity index is 1.79. The molecule has 0 aromatic rings. The predicted octanol–water partition coefficient (Wildman–Crippen LogP) is 8.66. The molecule has 15 heteroatoms. The number of hydrogen-bond acceptors (Lipinski definition) is 15. The number of hydrogen-bond donors (Lipinski definition) is 7. The Morgan fingerprint density at radius 3 is 1.34 bits per heavy atom. The zero-order valence-corrected chi connectivity index (χ0v) is 43.7. The molecular formula is C56H98O15. The van der Waals surface area contributed by atoms with Gasteiger partial charge >= 0.3 is 11.9 Å². The van der Waals surface area contributed by atoms with Crippen LogP contribution in [-0.2, 0) is 38.0 Å². The molecule has 71 heavy (non-hydrogen) atoms. The first-order valence-corrected chi connectivity index (χ1v) is 27.7. The minimum absolute atomic E-state index is 0.154. The topological polar surface area (TPSA) is 231 Å². The average molecular weight is 1010 g/mol. The average Bonchev–Trinajstić information content (AvgIpc) is 3.36. The molecule has 11 unspecified atom stereocenters. The first-order valence-electron chi connectivity index (χ1n) is 27.7. The minimum atomic E-state index is -1.77. The van der Waals surface area contributed by atoms with E-state index >= 15 is 0 Å². The number of aliphatic hydroxyl groups excluding tert-OH is 7. The van der Waals surface area contributed by atoms with Crippen LogP contribution in [0.15, 0.2) is 48.6 Å². The molecule has 0 aromatic carbocycles. The maximum atomic E-state index is 13.0. The molecule has 7 N–H and O–H groups in total. The number of esters is 2. The van der Waals surface area contributed by atoms with E-state index in [1.165, 1.54) is 70.6 Å². The summed E-state index contributed by atoms with van der Waals surface area (Å²) >= 11 is 0. The molecule has 0 saturated carbocycles. The molecule has 0 bridgehead atoms. The molecule has 0 aromatic heterocycles. The van der Waals surface area contributed by atoms with Crippen LogP contribution in [0.25, 0.3) is 0 Å². The molecule has 0 amide bonds. The van der Waals surface area contributed by atoms with Crippen molar-refractivity contribution in [2.75, 3.05) is 26.4 Å². The summed E-state index contributed by atoms with van der Waals surface area (Å²) < 4.78 is 33.6. The van der Waals surface area contributed by atoms with E-state index < -0.39 is 92.7 Å². The van der Waals surface area contributed by atoms with Crippen LogP contribution in [0.3, 0.4) is 0 Å². The third-order valence-electron chi connectivity index (χ3n) is 13.0. The largest absolute Gasteiger partial charge is 0.462 e. The highest BCUT2D eigenvalue weighted by atomic mass is 16.7. The molecule has 0 radical (unpaired) electrons. The van der Waals surface area contributed by atoms with Crippen LogP contribution in [0.2, 0.25) is 0 Å². The van der Waals surface area contributed by atoms with Gasteiger partial charge in [-0.1, -0.05) is 159 Å². The highest BCUT2D eigenvalue weighted by Crippen LogP contribution is 2.26. The maximum absolute atomic E-state index is 13.0. The summed E-state index contributed by atoms with van der Waals surface area (Å²) in [6.45, 7) is 2.54. The number of ether oxygens (including phenoxy) is 6. The van der Waals surface area contributed by atoms with E-state index in [0.29, 0.717) is 12.8 Å². The molecular weight excluding hydrogens is 913 g/mol. The summed E-state index contributed by atoms with van der Waals surface area (Å²) in [4.78, 5) is 25.8. The van der Waals surface area contributed by atoms with Gasteiger partial charge in [-0.05, 0) is 77.0 Å². The summed E-state index contributed by atoms with van der Waals surface area (Å²) in [6.07, 6.45) is 31.2. The second-order valence-electron chi connectivity index (χ2n) is 19.4. The normalized spacial score (nSPS) is 25.5. The molecule has 15 nitrogen and oxygen atoms in total. The van der Waals surface area contributed by atoms with E-state index in [2.05, 4.69) is 62.5 Å². The van der Waals surface area contributed by atoms with Crippen LogP contribution in [0.1, 0.15) is 200 Å². The number of rotatable bonds is 43. The fraction of sp³-hybridized carbons (Fsp3) is 0.821. The Morgan fingerprint density at radius 2 is 0.845 bits per heavy atom. The molecule has 0 aliphatic carbocycles. The van der Waals surface area contributed by atoms with Gasteiger partial charge in [0.1, 0.15) is 55.4 Å². The quantitative estimate of drug-likeness (QED) is 0.0172. The lowest BCUT2D eigenvalue weighted by Gasteiger charge is -2.42. The summed E-state index contributed by atoms with van der Waals surface area (Å²) in [5, 5.41) is 72.2. The van der Waals surface area contributed by atoms with Crippen LogP contribution >= 0.6 is 0 Å². The van der Waals surface area contributed by atoms with E-state index in [1.807, 2.05) is 0 Å². The lowest BCUT2D eigenvalue weighted by atomic mass is 9.98. The van der Waals surface area contributed by atoms with Crippen LogP contribution in [0.4, 0.5) is 0 Å². The zero-order valence-electron chi connectivity index (χ0n) is 43.7. The van der Waals surface area contributed by atoms with Crippen molar-refractivity contribution < 1.29 is 73.8 Å². The Morgan fingerprint density at radius 1 is 0.451 bits per heavy atom. The van der Waals surface area contributed by atoms with Crippen molar-refractivity contribution in [2.45, 2.75) is 268 Å². The Bertz CT molecular complexity index is 1420. The van der Waals surface area contributed by atoms with Gasteiger partial charge in [-0.3, -0.25) is 9.59 Å². The SMILES string of the molecule is CCCCC/C=C\C/C=C\CCCCCCCCCC(=O)OCC(COC1OC(COC2OC(CO)C(O)C(O)C2O)C(O)C(O)C1O)OC(=O)CCCCCCCCC/C=C\C/C=C\CCCCCC. The van der Waals surface area contributed by atoms with Crippen LogP contribution in [0, 0.1) is 0 Å². The standard InChI is InChI=1S/C56H98O15/c1-3-5-7-9-11-13-15-17-19-21-23-25-27-29-31-33-35-37-39-48(59)69-44(41-66-47(58)38-36-34-32-30-28-26-24-22-20-18-16-14-12-10-8-6-4-2)42-67-55-54(65)52(63)50(61)46(71-55)43-68-56-53(64)51(62)49(60)45(40-57)70-56/h12-15,18-21,44-46,49-57,60-65H,3-11,16-17,22-43H2,1-2H3/b14-12-,15-13-,20-18-,21-19-. The van der Waals surface area contributed by atoms with Crippen molar-refractivity contribution in [3.63, 3.8) is 0 Å².